The van der Waals surface area contributed by atoms with E-state index in [1.165, 1.54) is 0 Å². The molecule has 0 spiro atoms. The molecule has 1 aliphatic rings. The molecule has 2 atom stereocenters. The highest BCUT2D eigenvalue weighted by Crippen LogP contribution is 2.31. The van der Waals surface area contributed by atoms with Crippen molar-refractivity contribution in [2.24, 2.45) is 0 Å². The molecule has 0 fully saturated rings. The van der Waals surface area contributed by atoms with Crippen LogP contribution >= 0.6 is 0 Å². The molecule has 0 aromatic heterocycles. The van der Waals surface area contributed by atoms with Crippen LogP contribution in [-0.2, 0) is 22.1 Å². The largest absolute Gasteiger partial charge is 0.462 e. The molecular formula is C17H25NO3S. The Morgan fingerprint density at radius 1 is 1.41 bits per heavy atom. The first-order chi connectivity index (χ1) is 10.3. The number of hydrogen-bond donors (Lipinski definition) is 1. The zero-order chi connectivity index (χ0) is 16.3. The smallest absolute Gasteiger partial charge is 0.338 e. The lowest BCUT2D eigenvalue weighted by molar-refractivity contribution is 0.0526. The lowest BCUT2D eigenvalue weighted by atomic mass is 9.87. The minimum absolute atomic E-state index is 0.0834. The summed E-state index contributed by atoms with van der Waals surface area (Å²) in [7, 11) is -1.10. The zero-order valence-electron chi connectivity index (χ0n) is 13.8. The van der Waals surface area contributed by atoms with Crippen molar-refractivity contribution in [2.45, 2.75) is 57.7 Å². The second kappa shape index (κ2) is 6.92. The minimum Gasteiger partial charge on any atom is -0.462 e. The third-order valence-electron chi connectivity index (χ3n) is 3.77. The molecule has 0 bridgehead atoms. The van der Waals surface area contributed by atoms with Crippen molar-refractivity contribution in [3.8, 4) is 0 Å². The summed E-state index contributed by atoms with van der Waals surface area (Å²) in [6.07, 6.45) is 2.94. The number of hydrogen-bond acceptors (Lipinski definition) is 3. The quantitative estimate of drug-likeness (QED) is 0.865. The molecule has 1 aromatic carbocycles. The molecule has 122 valence electrons. The Morgan fingerprint density at radius 3 is 2.77 bits per heavy atom. The summed E-state index contributed by atoms with van der Waals surface area (Å²) in [4.78, 5) is 11.8. The number of fused-ring (bicyclic) bond motifs is 1. The van der Waals surface area contributed by atoms with Crippen LogP contribution in [0.1, 0.15) is 68.1 Å². The van der Waals surface area contributed by atoms with E-state index < -0.39 is 11.0 Å². The Labute approximate surface area is 135 Å². The molecule has 1 N–H and O–H groups in total. The highest BCUT2D eigenvalue weighted by atomic mass is 32.2. The van der Waals surface area contributed by atoms with Crippen molar-refractivity contribution in [3.05, 3.63) is 34.9 Å². The monoisotopic (exact) mass is 323 g/mol. The molecule has 4 nitrogen and oxygen atoms in total. The zero-order valence-corrected chi connectivity index (χ0v) is 14.6. The van der Waals surface area contributed by atoms with Gasteiger partial charge in [0.15, 0.2) is 0 Å². The molecule has 5 heteroatoms. The maximum Gasteiger partial charge on any atom is 0.338 e. The van der Waals surface area contributed by atoms with Gasteiger partial charge in [-0.15, -0.1) is 0 Å². The second-order valence-corrected chi connectivity index (χ2v) is 8.58. The van der Waals surface area contributed by atoms with Crippen molar-refractivity contribution < 1.29 is 13.7 Å². The summed E-state index contributed by atoms with van der Waals surface area (Å²) in [6.45, 7) is 8.07. The average Bonchev–Trinajstić information content (AvgIpc) is 2.46. The van der Waals surface area contributed by atoms with Crippen molar-refractivity contribution in [2.75, 3.05) is 6.61 Å². The van der Waals surface area contributed by atoms with Crippen LogP contribution in [-0.4, -0.2) is 21.5 Å². The van der Waals surface area contributed by atoms with Gasteiger partial charge in [-0.05, 0) is 70.2 Å². The first-order valence-corrected chi connectivity index (χ1v) is 8.96. The van der Waals surface area contributed by atoms with Gasteiger partial charge in [0, 0.05) is 6.04 Å². The van der Waals surface area contributed by atoms with Crippen LogP contribution in [0.4, 0.5) is 0 Å². The number of benzene rings is 1. The van der Waals surface area contributed by atoms with Crippen molar-refractivity contribution in [1.82, 2.24) is 4.72 Å². The molecule has 0 aliphatic heterocycles. The summed E-state index contributed by atoms with van der Waals surface area (Å²) < 4.78 is 20.3. The number of carbonyl (C=O) groups is 1. The predicted octanol–water partition coefficient (Wildman–Crippen LogP) is 3.29. The van der Waals surface area contributed by atoms with Crippen LogP contribution in [0.15, 0.2) is 18.2 Å². The number of aryl methyl sites for hydroxylation is 1. The highest BCUT2D eigenvalue weighted by molar-refractivity contribution is 7.84. The van der Waals surface area contributed by atoms with Gasteiger partial charge in [-0.1, -0.05) is 6.07 Å². The fourth-order valence-corrected chi connectivity index (χ4v) is 3.44. The van der Waals surface area contributed by atoms with Crippen LogP contribution in [0.2, 0.25) is 0 Å². The van der Waals surface area contributed by atoms with Gasteiger partial charge in [0.1, 0.15) is 0 Å². The van der Waals surface area contributed by atoms with Crippen molar-refractivity contribution >= 4 is 17.0 Å². The summed E-state index contributed by atoms with van der Waals surface area (Å²) in [6, 6.07) is 5.77. The minimum atomic E-state index is -1.10. The lowest BCUT2D eigenvalue weighted by Crippen LogP contribution is -2.37. The number of ether oxygens (including phenoxy) is 1. The van der Waals surface area contributed by atoms with Crippen molar-refractivity contribution in [3.63, 3.8) is 0 Å². The Bertz CT molecular complexity index is 578. The third kappa shape index (κ3) is 3.96. The number of nitrogens with one attached hydrogen (secondary N) is 1. The van der Waals surface area contributed by atoms with E-state index in [0.717, 1.165) is 30.4 Å². The summed E-state index contributed by atoms with van der Waals surface area (Å²) in [5.74, 6) is -0.279. The van der Waals surface area contributed by atoms with Crippen LogP contribution in [0.3, 0.4) is 0 Å². The van der Waals surface area contributed by atoms with Crippen LogP contribution in [0.5, 0.6) is 0 Å². The predicted molar refractivity (Wildman–Crippen MR) is 89.1 cm³/mol. The van der Waals surface area contributed by atoms with Gasteiger partial charge in [0.25, 0.3) is 0 Å². The van der Waals surface area contributed by atoms with Crippen molar-refractivity contribution in [1.29, 1.82) is 0 Å². The van der Waals surface area contributed by atoms with Gasteiger partial charge in [0.05, 0.1) is 27.9 Å². The van der Waals surface area contributed by atoms with Crippen LogP contribution < -0.4 is 4.72 Å². The van der Waals surface area contributed by atoms with Gasteiger partial charge in [-0.3, -0.25) is 0 Å². The molecule has 0 amide bonds. The van der Waals surface area contributed by atoms with E-state index in [1.54, 1.807) is 13.0 Å². The molecule has 0 heterocycles. The second-order valence-electron chi connectivity index (χ2n) is 6.58. The standard InChI is InChI=1S/C17H25NO3S/c1-5-21-16(19)13-9-10-14-12(11-13)7-6-8-15(14)18-22(20)17(2,3)4/h9-11,15,18H,5-8H2,1-4H3/t15-,22+/m0/s1. The topological polar surface area (TPSA) is 55.4 Å². The van der Waals surface area contributed by atoms with E-state index >= 15 is 0 Å². The molecule has 1 aliphatic carbocycles. The first kappa shape index (κ1) is 17.2. The Kier molecular flexibility index (Phi) is 5.40. The Morgan fingerprint density at radius 2 is 2.14 bits per heavy atom. The number of carbonyl (C=O) groups excluding carboxylic acids is 1. The fraction of sp³-hybridized carbons (Fsp3) is 0.588. The van der Waals surface area contributed by atoms with E-state index in [0.29, 0.717) is 12.2 Å². The lowest BCUT2D eigenvalue weighted by Gasteiger charge is -2.29. The fourth-order valence-electron chi connectivity index (χ4n) is 2.58. The first-order valence-electron chi connectivity index (χ1n) is 7.81. The number of rotatable bonds is 4. The Hall–Kier alpha value is -1.20. The average molecular weight is 323 g/mol. The van der Waals surface area contributed by atoms with Gasteiger partial charge in [-0.25, -0.2) is 13.7 Å². The van der Waals surface area contributed by atoms with E-state index in [9.17, 15) is 9.00 Å². The summed E-state index contributed by atoms with van der Waals surface area (Å²) >= 11 is 0. The molecule has 2 rings (SSSR count). The molecule has 0 radical (unpaired) electrons. The van der Waals surface area contributed by atoms with Gasteiger partial charge in [-0.2, -0.15) is 0 Å². The van der Waals surface area contributed by atoms with E-state index in [2.05, 4.69) is 4.72 Å². The molecule has 0 saturated carbocycles. The van der Waals surface area contributed by atoms with Crippen LogP contribution in [0.25, 0.3) is 0 Å². The maximum absolute atomic E-state index is 12.3. The van der Waals surface area contributed by atoms with Gasteiger partial charge >= 0.3 is 5.97 Å². The van der Waals surface area contributed by atoms with Gasteiger partial charge < -0.3 is 4.74 Å². The molecule has 0 saturated heterocycles. The Balaban J connectivity index is 2.21. The third-order valence-corrected chi connectivity index (χ3v) is 5.38. The molecule has 0 unspecified atom stereocenters. The van der Waals surface area contributed by atoms with Crippen LogP contribution in [0, 0.1) is 0 Å². The summed E-state index contributed by atoms with van der Waals surface area (Å²) in [5.41, 5.74) is 2.90. The van der Waals surface area contributed by atoms with E-state index in [1.807, 2.05) is 32.9 Å². The van der Waals surface area contributed by atoms with Gasteiger partial charge in [0.2, 0.25) is 0 Å². The summed E-state index contributed by atoms with van der Waals surface area (Å²) in [5, 5.41) is 0. The molecule has 22 heavy (non-hydrogen) atoms. The number of esters is 1. The van der Waals surface area contributed by atoms with E-state index in [4.69, 9.17) is 4.74 Å². The normalized spacial score (nSPS) is 19.4. The molecular weight excluding hydrogens is 298 g/mol. The SMILES string of the molecule is CCOC(=O)c1ccc2c(c1)CCC[C@@H]2N[S@](=O)C(C)(C)C. The highest BCUT2D eigenvalue weighted by Gasteiger charge is 2.27. The van der Waals surface area contributed by atoms with E-state index in [-0.39, 0.29) is 16.8 Å². The molecule has 1 aromatic rings. The maximum atomic E-state index is 12.3.